The SMILES string of the molecule is CC1CCC([C@H](N)C(=O)Nc2cnn(Cc3ccc[nH]c3=O)c2)CC1. The van der Waals surface area contributed by atoms with E-state index >= 15 is 0 Å². The summed E-state index contributed by atoms with van der Waals surface area (Å²) in [5.41, 5.74) is 7.21. The van der Waals surface area contributed by atoms with Gasteiger partial charge in [0.05, 0.1) is 24.5 Å². The van der Waals surface area contributed by atoms with Crippen LogP contribution in [-0.4, -0.2) is 26.7 Å². The molecule has 2 aromatic heterocycles. The molecule has 2 aromatic rings. The van der Waals surface area contributed by atoms with Crippen LogP contribution in [0.1, 0.15) is 38.2 Å². The first-order chi connectivity index (χ1) is 12.0. The summed E-state index contributed by atoms with van der Waals surface area (Å²) in [6, 6.07) is 3.03. The third kappa shape index (κ3) is 4.36. The molecule has 2 heterocycles. The molecule has 0 saturated heterocycles. The Kier molecular flexibility index (Phi) is 5.33. The number of anilines is 1. The lowest BCUT2D eigenvalue weighted by Crippen LogP contribution is -2.43. The summed E-state index contributed by atoms with van der Waals surface area (Å²) in [5, 5.41) is 7.03. The van der Waals surface area contributed by atoms with Gasteiger partial charge in [0, 0.05) is 18.0 Å². The molecule has 1 amide bonds. The molecule has 7 nitrogen and oxygen atoms in total. The fraction of sp³-hybridized carbons (Fsp3) is 0.500. The molecule has 0 radical (unpaired) electrons. The molecule has 0 unspecified atom stereocenters. The Morgan fingerprint density at radius 2 is 2.20 bits per heavy atom. The average Bonchev–Trinajstić information content (AvgIpc) is 3.04. The molecule has 1 aliphatic carbocycles. The van der Waals surface area contributed by atoms with Crippen LogP contribution in [0.3, 0.4) is 0 Å². The zero-order valence-electron chi connectivity index (χ0n) is 14.4. The van der Waals surface area contributed by atoms with Gasteiger partial charge in [-0.15, -0.1) is 0 Å². The Balaban J connectivity index is 1.58. The third-order valence-electron chi connectivity index (χ3n) is 5.00. The number of nitrogens with two attached hydrogens (primary N) is 1. The minimum absolute atomic E-state index is 0.142. The summed E-state index contributed by atoms with van der Waals surface area (Å²) in [4.78, 5) is 26.7. The molecule has 1 fully saturated rings. The number of carbonyl (C=O) groups excluding carboxylic acids is 1. The van der Waals surface area contributed by atoms with E-state index in [9.17, 15) is 9.59 Å². The Morgan fingerprint density at radius 3 is 2.92 bits per heavy atom. The molecule has 0 aliphatic heterocycles. The second-order valence-corrected chi connectivity index (χ2v) is 6.99. The molecule has 1 saturated carbocycles. The van der Waals surface area contributed by atoms with Crippen molar-refractivity contribution in [2.24, 2.45) is 17.6 Å². The maximum atomic E-state index is 12.4. The van der Waals surface area contributed by atoms with Gasteiger partial charge in [0.2, 0.25) is 5.91 Å². The van der Waals surface area contributed by atoms with Crippen LogP contribution in [0.2, 0.25) is 0 Å². The molecule has 1 aliphatic rings. The van der Waals surface area contributed by atoms with Crippen LogP contribution in [0.5, 0.6) is 0 Å². The molecule has 3 rings (SSSR count). The molecule has 25 heavy (non-hydrogen) atoms. The van der Waals surface area contributed by atoms with Crippen molar-refractivity contribution in [1.82, 2.24) is 14.8 Å². The lowest BCUT2D eigenvalue weighted by Gasteiger charge is -2.29. The number of pyridine rings is 1. The Hall–Kier alpha value is -2.41. The minimum atomic E-state index is -0.493. The van der Waals surface area contributed by atoms with Gasteiger partial charge in [-0.2, -0.15) is 5.10 Å². The average molecular weight is 343 g/mol. The number of H-pyrrole nitrogens is 1. The highest BCUT2D eigenvalue weighted by Crippen LogP contribution is 2.30. The number of aromatic amines is 1. The largest absolute Gasteiger partial charge is 0.329 e. The van der Waals surface area contributed by atoms with Crippen LogP contribution >= 0.6 is 0 Å². The monoisotopic (exact) mass is 343 g/mol. The van der Waals surface area contributed by atoms with E-state index in [2.05, 4.69) is 22.3 Å². The van der Waals surface area contributed by atoms with Crippen molar-refractivity contribution in [1.29, 1.82) is 0 Å². The second kappa shape index (κ2) is 7.65. The zero-order valence-corrected chi connectivity index (χ0v) is 14.4. The van der Waals surface area contributed by atoms with Crippen LogP contribution < -0.4 is 16.6 Å². The van der Waals surface area contributed by atoms with Crippen molar-refractivity contribution in [3.8, 4) is 0 Å². The number of rotatable bonds is 5. The van der Waals surface area contributed by atoms with Crippen LogP contribution in [0.25, 0.3) is 0 Å². The number of nitrogens with one attached hydrogen (secondary N) is 2. The van der Waals surface area contributed by atoms with Gasteiger partial charge >= 0.3 is 0 Å². The summed E-state index contributed by atoms with van der Waals surface area (Å²) >= 11 is 0. The fourth-order valence-corrected chi connectivity index (χ4v) is 3.35. The Labute approximate surface area is 146 Å². The van der Waals surface area contributed by atoms with Gasteiger partial charge in [0.1, 0.15) is 0 Å². The van der Waals surface area contributed by atoms with Crippen molar-refractivity contribution in [3.63, 3.8) is 0 Å². The summed E-state index contributed by atoms with van der Waals surface area (Å²) in [7, 11) is 0. The summed E-state index contributed by atoms with van der Waals surface area (Å²) in [6.45, 7) is 2.59. The van der Waals surface area contributed by atoms with Gasteiger partial charge in [0.25, 0.3) is 5.56 Å². The van der Waals surface area contributed by atoms with Crippen LogP contribution in [0, 0.1) is 11.8 Å². The van der Waals surface area contributed by atoms with E-state index in [0.29, 0.717) is 17.8 Å². The van der Waals surface area contributed by atoms with Crippen molar-refractivity contribution < 1.29 is 4.79 Å². The molecular weight excluding hydrogens is 318 g/mol. The number of hydrogen-bond donors (Lipinski definition) is 3. The smallest absolute Gasteiger partial charge is 0.253 e. The van der Waals surface area contributed by atoms with Gasteiger partial charge in [-0.05, 0) is 30.7 Å². The molecule has 0 aromatic carbocycles. The second-order valence-electron chi connectivity index (χ2n) is 6.99. The molecular formula is C18H25N5O2. The van der Waals surface area contributed by atoms with Gasteiger partial charge in [-0.3, -0.25) is 14.3 Å². The Morgan fingerprint density at radius 1 is 1.44 bits per heavy atom. The highest BCUT2D eigenvalue weighted by atomic mass is 16.2. The van der Waals surface area contributed by atoms with E-state index in [0.717, 1.165) is 31.6 Å². The number of carbonyl (C=O) groups is 1. The van der Waals surface area contributed by atoms with E-state index in [1.807, 2.05) is 0 Å². The quantitative estimate of drug-likeness (QED) is 0.768. The van der Waals surface area contributed by atoms with Crippen LogP contribution in [0.15, 0.2) is 35.5 Å². The number of aromatic nitrogens is 3. The summed E-state index contributed by atoms with van der Waals surface area (Å²) in [5.74, 6) is 0.802. The minimum Gasteiger partial charge on any atom is -0.329 e. The standard InChI is InChI=1S/C18H25N5O2/c1-12-4-6-13(7-5-12)16(19)18(25)22-15-9-21-23(11-15)10-14-3-2-8-20-17(14)24/h2-3,8-9,11-13,16H,4-7,10,19H2,1H3,(H,20,24)(H,22,25)/t12?,13?,16-/m0/s1. The fourth-order valence-electron chi connectivity index (χ4n) is 3.35. The summed E-state index contributed by atoms with van der Waals surface area (Å²) < 4.78 is 1.62. The first-order valence-corrected chi connectivity index (χ1v) is 8.78. The van der Waals surface area contributed by atoms with E-state index in [-0.39, 0.29) is 17.4 Å². The number of hydrogen-bond acceptors (Lipinski definition) is 4. The number of amides is 1. The van der Waals surface area contributed by atoms with Crippen LogP contribution in [0.4, 0.5) is 5.69 Å². The lowest BCUT2D eigenvalue weighted by atomic mass is 9.79. The van der Waals surface area contributed by atoms with Gasteiger partial charge < -0.3 is 16.0 Å². The van der Waals surface area contributed by atoms with Crippen molar-refractivity contribution in [3.05, 3.63) is 46.6 Å². The maximum Gasteiger partial charge on any atom is 0.253 e. The molecule has 7 heteroatoms. The molecule has 4 N–H and O–H groups in total. The van der Waals surface area contributed by atoms with E-state index in [1.54, 1.807) is 35.4 Å². The highest BCUT2D eigenvalue weighted by Gasteiger charge is 2.28. The summed E-state index contributed by atoms with van der Waals surface area (Å²) in [6.07, 6.45) is 9.15. The Bertz CT molecular complexity index is 774. The topological polar surface area (TPSA) is 106 Å². The number of nitrogens with zero attached hydrogens (tertiary/aromatic N) is 2. The van der Waals surface area contributed by atoms with Gasteiger partial charge in [-0.25, -0.2) is 0 Å². The van der Waals surface area contributed by atoms with E-state index in [1.165, 1.54) is 0 Å². The van der Waals surface area contributed by atoms with E-state index < -0.39 is 6.04 Å². The van der Waals surface area contributed by atoms with Crippen molar-refractivity contribution in [2.45, 2.75) is 45.2 Å². The molecule has 1 atom stereocenters. The normalized spacial score (nSPS) is 21.7. The predicted octanol–water partition coefficient (Wildman–Crippen LogP) is 1.71. The van der Waals surface area contributed by atoms with Gasteiger partial charge in [-0.1, -0.05) is 25.8 Å². The first kappa shape index (κ1) is 17.4. The van der Waals surface area contributed by atoms with Crippen molar-refractivity contribution in [2.75, 3.05) is 5.32 Å². The lowest BCUT2D eigenvalue weighted by molar-refractivity contribution is -0.118. The third-order valence-corrected chi connectivity index (χ3v) is 5.00. The predicted molar refractivity (Wildman–Crippen MR) is 96.1 cm³/mol. The molecule has 0 bridgehead atoms. The van der Waals surface area contributed by atoms with Crippen molar-refractivity contribution >= 4 is 11.6 Å². The zero-order chi connectivity index (χ0) is 17.8. The maximum absolute atomic E-state index is 12.4. The van der Waals surface area contributed by atoms with Gasteiger partial charge in [0.15, 0.2) is 0 Å². The highest BCUT2D eigenvalue weighted by molar-refractivity contribution is 5.94. The molecule has 134 valence electrons. The molecule has 0 spiro atoms. The van der Waals surface area contributed by atoms with E-state index in [4.69, 9.17) is 5.73 Å². The van der Waals surface area contributed by atoms with Crippen LogP contribution in [-0.2, 0) is 11.3 Å². The first-order valence-electron chi connectivity index (χ1n) is 8.78.